The number of thiophene rings is 1. The van der Waals surface area contributed by atoms with E-state index in [1.54, 1.807) is 36.6 Å². The molecule has 0 spiro atoms. The summed E-state index contributed by atoms with van der Waals surface area (Å²) < 4.78 is 1.20. The molecule has 0 atom stereocenters. The molecule has 0 bridgehead atoms. The van der Waals surface area contributed by atoms with Crippen molar-refractivity contribution in [2.75, 3.05) is 11.5 Å². The van der Waals surface area contributed by atoms with Gasteiger partial charge in [-0.25, -0.2) is 0 Å². The van der Waals surface area contributed by atoms with Crippen LogP contribution in [-0.2, 0) is 0 Å². The lowest BCUT2D eigenvalue weighted by Crippen LogP contribution is -2.24. The predicted molar refractivity (Wildman–Crippen MR) is 88.7 cm³/mol. The van der Waals surface area contributed by atoms with E-state index in [1.165, 1.54) is 16.0 Å². The molecule has 4 N–H and O–H groups in total. The van der Waals surface area contributed by atoms with Crippen LogP contribution < -0.4 is 17.0 Å². The average molecular weight is 314 g/mol. The van der Waals surface area contributed by atoms with Crippen LogP contribution in [0.3, 0.4) is 0 Å². The van der Waals surface area contributed by atoms with E-state index in [4.69, 9.17) is 11.5 Å². The van der Waals surface area contributed by atoms with Crippen LogP contribution in [0, 0.1) is 0 Å². The number of Topliss-reactive ketones (excluding diaryl/α,β-unsaturated/α-hetero) is 1. The summed E-state index contributed by atoms with van der Waals surface area (Å²) in [6.07, 6.45) is 0.303. The number of fused-ring (bicyclic) bond motifs is 1. The maximum atomic E-state index is 12.6. The molecule has 0 fully saturated rings. The zero-order valence-corrected chi connectivity index (χ0v) is 12.7. The van der Waals surface area contributed by atoms with E-state index in [0.717, 1.165) is 0 Å². The van der Waals surface area contributed by atoms with Gasteiger partial charge in [0, 0.05) is 22.9 Å². The number of aromatic nitrogens is 2. The number of nitrogens with zero attached hydrogens (tertiary/aromatic N) is 2. The Morgan fingerprint density at radius 3 is 2.59 bits per heavy atom. The van der Waals surface area contributed by atoms with Crippen molar-refractivity contribution in [3.63, 3.8) is 0 Å². The molecule has 0 saturated carbocycles. The van der Waals surface area contributed by atoms with E-state index in [-0.39, 0.29) is 17.0 Å². The third kappa shape index (κ3) is 2.15. The van der Waals surface area contributed by atoms with Crippen LogP contribution in [0.25, 0.3) is 16.5 Å². The quantitative estimate of drug-likeness (QED) is 0.569. The van der Waals surface area contributed by atoms with Crippen LogP contribution >= 0.6 is 11.3 Å². The lowest BCUT2D eigenvalue weighted by Gasteiger charge is -2.08. The molecule has 0 aliphatic rings. The highest BCUT2D eigenvalue weighted by Gasteiger charge is 2.19. The molecule has 0 unspecified atom stereocenters. The van der Waals surface area contributed by atoms with Gasteiger partial charge in [0.25, 0.3) is 5.56 Å². The Labute approximate surface area is 130 Å². The van der Waals surface area contributed by atoms with E-state index in [2.05, 4.69) is 5.10 Å². The Bertz CT molecular complexity index is 925. The highest BCUT2D eigenvalue weighted by molar-refractivity contribution is 7.15. The normalized spacial score (nSPS) is 11.0. The van der Waals surface area contributed by atoms with Gasteiger partial charge in [0.05, 0.1) is 16.1 Å². The molecule has 22 heavy (non-hydrogen) atoms. The fourth-order valence-electron chi connectivity index (χ4n) is 2.24. The van der Waals surface area contributed by atoms with Crippen molar-refractivity contribution in [1.29, 1.82) is 0 Å². The number of anilines is 2. The Morgan fingerprint density at radius 1 is 1.27 bits per heavy atom. The van der Waals surface area contributed by atoms with Gasteiger partial charge in [0.1, 0.15) is 5.69 Å². The van der Waals surface area contributed by atoms with Crippen LogP contribution in [0.2, 0.25) is 0 Å². The Hall–Kier alpha value is -2.67. The molecule has 0 aliphatic heterocycles. The fourth-order valence-corrected chi connectivity index (χ4v) is 3.03. The van der Waals surface area contributed by atoms with Crippen molar-refractivity contribution in [2.45, 2.75) is 13.3 Å². The Balaban J connectivity index is 2.38. The molecule has 0 amide bonds. The smallest absolute Gasteiger partial charge is 0.282 e. The average Bonchev–Trinajstić information content (AvgIpc) is 2.91. The number of nitrogen functional groups attached to an aromatic ring is 2. The number of rotatable bonds is 3. The van der Waals surface area contributed by atoms with Gasteiger partial charge in [-0.15, -0.1) is 11.3 Å². The molecular weight excluding hydrogens is 300 g/mol. The summed E-state index contributed by atoms with van der Waals surface area (Å²) >= 11 is 1.23. The van der Waals surface area contributed by atoms with E-state index >= 15 is 0 Å². The first-order chi connectivity index (χ1) is 10.5. The van der Waals surface area contributed by atoms with Gasteiger partial charge in [-0.2, -0.15) is 9.78 Å². The van der Waals surface area contributed by atoms with Crippen molar-refractivity contribution in [3.05, 3.63) is 45.7 Å². The van der Waals surface area contributed by atoms with Gasteiger partial charge in [0.15, 0.2) is 5.78 Å². The molecular formula is C15H14N4O2S. The molecule has 3 rings (SSSR count). The first-order valence-electron chi connectivity index (χ1n) is 6.72. The molecule has 6 nitrogen and oxygen atoms in total. The minimum absolute atomic E-state index is 0.132. The molecule has 2 heterocycles. The third-order valence-corrected chi connectivity index (χ3v) is 4.22. The van der Waals surface area contributed by atoms with Crippen molar-refractivity contribution < 1.29 is 4.79 Å². The number of ketones is 1. The van der Waals surface area contributed by atoms with Crippen LogP contribution in [0.4, 0.5) is 10.7 Å². The second-order valence-corrected chi connectivity index (χ2v) is 5.73. The van der Waals surface area contributed by atoms with E-state index in [1.807, 2.05) is 0 Å². The SMILES string of the molecule is CCC(=O)c1nn(-c2ccc(N)cc2)c(=O)c2c(N)scc12. The summed E-state index contributed by atoms with van der Waals surface area (Å²) in [5.41, 5.74) is 12.6. The third-order valence-electron chi connectivity index (χ3n) is 3.40. The summed E-state index contributed by atoms with van der Waals surface area (Å²) in [6.45, 7) is 1.75. The summed E-state index contributed by atoms with van der Waals surface area (Å²) in [5.74, 6) is -0.132. The summed E-state index contributed by atoms with van der Waals surface area (Å²) in [7, 11) is 0. The Kier molecular flexibility index (Phi) is 3.42. The molecule has 3 aromatic rings. The van der Waals surface area contributed by atoms with Gasteiger partial charge in [-0.1, -0.05) is 6.92 Å². The molecule has 112 valence electrons. The second-order valence-electron chi connectivity index (χ2n) is 4.82. The number of hydrogen-bond acceptors (Lipinski definition) is 6. The predicted octanol–water partition coefficient (Wildman–Crippen LogP) is 2.20. The first kappa shape index (κ1) is 14.3. The standard InChI is InChI=1S/C15H14N4O2S/c1-2-11(20)13-10-7-22-14(17)12(10)15(21)19(18-13)9-5-3-8(16)4-6-9/h3-7H,2,16-17H2,1H3. The number of carbonyl (C=O) groups is 1. The first-order valence-corrected chi connectivity index (χ1v) is 7.60. The number of benzene rings is 1. The molecule has 2 aromatic heterocycles. The number of nitrogens with two attached hydrogens (primary N) is 2. The molecule has 0 aliphatic carbocycles. The van der Waals surface area contributed by atoms with Crippen molar-refractivity contribution in [2.24, 2.45) is 0 Å². The van der Waals surface area contributed by atoms with Gasteiger partial charge >= 0.3 is 0 Å². The van der Waals surface area contributed by atoms with Gasteiger partial charge < -0.3 is 11.5 Å². The maximum Gasteiger partial charge on any atom is 0.282 e. The lowest BCUT2D eigenvalue weighted by atomic mass is 10.1. The van der Waals surface area contributed by atoms with E-state index < -0.39 is 0 Å². The minimum atomic E-state index is -0.342. The highest BCUT2D eigenvalue weighted by atomic mass is 32.1. The minimum Gasteiger partial charge on any atom is -0.399 e. The summed E-state index contributed by atoms with van der Waals surface area (Å²) in [6, 6.07) is 6.70. The van der Waals surface area contributed by atoms with Crippen molar-refractivity contribution >= 4 is 38.6 Å². The van der Waals surface area contributed by atoms with Crippen LogP contribution in [0.5, 0.6) is 0 Å². The summed E-state index contributed by atoms with van der Waals surface area (Å²) in [4.78, 5) is 24.8. The number of carbonyl (C=O) groups excluding carboxylic acids is 1. The van der Waals surface area contributed by atoms with E-state index in [0.29, 0.717) is 33.6 Å². The van der Waals surface area contributed by atoms with Gasteiger partial charge in [-0.3, -0.25) is 9.59 Å². The molecule has 0 radical (unpaired) electrons. The summed E-state index contributed by atoms with van der Waals surface area (Å²) in [5, 5.41) is 7.20. The maximum absolute atomic E-state index is 12.6. The van der Waals surface area contributed by atoms with E-state index in [9.17, 15) is 9.59 Å². The molecule has 7 heteroatoms. The fraction of sp³-hybridized carbons (Fsp3) is 0.133. The second kappa shape index (κ2) is 5.27. The highest BCUT2D eigenvalue weighted by Crippen LogP contribution is 2.28. The van der Waals surface area contributed by atoms with Crippen molar-refractivity contribution in [1.82, 2.24) is 9.78 Å². The van der Waals surface area contributed by atoms with Crippen LogP contribution in [0.15, 0.2) is 34.4 Å². The topological polar surface area (TPSA) is 104 Å². The largest absolute Gasteiger partial charge is 0.399 e. The van der Waals surface area contributed by atoms with Gasteiger partial charge in [0.2, 0.25) is 0 Å². The molecule has 0 saturated heterocycles. The Morgan fingerprint density at radius 2 is 1.95 bits per heavy atom. The zero-order chi connectivity index (χ0) is 15.9. The van der Waals surface area contributed by atoms with Crippen LogP contribution in [-0.4, -0.2) is 15.6 Å². The van der Waals surface area contributed by atoms with Crippen LogP contribution in [0.1, 0.15) is 23.8 Å². The van der Waals surface area contributed by atoms with Crippen molar-refractivity contribution in [3.8, 4) is 5.69 Å². The lowest BCUT2D eigenvalue weighted by molar-refractivity contribution is 0.0983. The zero-order valence-electron chi connectivity index (χ0n) is 11.9. The van der Waals surface area contributed by atoms with Gasteiger partial charge in [-0.05, 0) is 24.3 Å². The number of hydrogen-bond donors (Lipinski definition) is 2. The molecule has 1 aromatic carbocycles. The monoisotopic (exact) mass is 314 g/mol.